The standard InChI is InChI=1S/C20H20N2O3S/c1-3-15-6-10-17(11-7-15)24-12-19-21-22-20(25-19)26-13-18(23)16-8-4-14(2)5-9-16/h4-11H,3,12-13H2,1-2H3. The van der Waals surface area contributed by atoms with Crippen molar-refractivity contribution in [2.24, 2.45) is 0 Å². The summed E-state index contributed by atoms with van der Waals surface area (Å²) in [5, 5.41) is 8.27. The van der Waals surface area contributed by atoms with Gasteiger partial charge in [0.2, 0.25) is 0 Å². The van der Waals surface area contributed by atoms with Crippen LogP contribution in [0.25, 0.3) is 0 Å². The van der Waals surface area contributed by atoms with Crippen molar-refractivity contribution in [3.05, 3.63) is 71.1 Å². The molecular weight excluding hydrogens is 348 g/mol. The summed E-state index contributed by atoms with van der Waals surface area (Å²) in [5.74, 6) is 1.42. The summed E-state index contributed by atoms with van der Waals surface area (Å²) in [7, 11) is 0. The summed E-state index contributed by atoms with van der Waals surface area (Å²) in [4.78, 5) is 12.2. The van der Waals surface area contributed by atoms with Gasteiger partial charge < -0.3 is 9.15 Å². The Morgan fingerprint density at radius 1 is 1.08 bits per heavy atom. The van der Waals surface area contributed by atoms with Gasteiger partial charge in [0.05, 0.1) is 5.75 Å². The number of ketones is 1. The third-order valence-electron chi connectivity index (χ3n) is 3.84. The van der Waals surface area contributed by atoms with Gasteiger partial charge in [0.15, 0.2) is 12.4 Å². The van der Waals surface area contributed by atoms with Crippen LogP contribution in [-0.4, -0.2) is 21.7 Å². The van der Waals surface area contributed by atoms with Gasteiger partial charge in [-0.25, -0.2) is 0 Å². The first-order chi connectivity index (χ1) is 12.6. The molecule has 0 bridgehead atoms. The number of aryl methyl sites for hydroxylation is 2. The first-order valence-electron chi connectivity index (χ1n) is 8.41. The molecule has 26 heavy (non-hydrogen) atoms. The Morgan fingerprint density at radius 2 is 1.81 bits per heavy atom. The average molecular weight is 368 g/mol. The third-order valence-corrected chi connectivity index (χ3v) is 4.66. The lowest BCUT2D eigenvalue weighted by atomic mass is 10.1. The van der Waals surface area contributed by atoms with Crippen LogP contribution in [0.4, 0.5) is 0 Å². The van der Waals surface area contributed by atoms with Crippen LogP contribution in [-0.2, 0) is 13.0 Å². The summed E-state index contributed by atoms with van der Waals surface area (Å²) < 4.78 is 11.2. The predicted molar refractivity (Wildman–Crippen MR) is 101 cm³/mol. The van der Waals surface area contributed by atoms with Gasteiger partial charge in [-0.05, 0) is 31.0 Å². The molecule has 134 valence electrons. The van der Waals surface area contributed by atoms with Crippen LogP contribution in [0.3, 0.4) is 0 Å². The molecule has 1 heterocycles. The number of thioether (sulfide) groups is 1. The number of ether oxygens (including phenoxy) is 1. The third kappa shape index (κ3) is 4.95. The minimum Gasteiger partial charge on any atom is -0.484 e. The highest BCUT2D eigenvalue weighted by Gasteiger charge is 2.11. The van der Waals surface area contributed by atoms with Crippen molar-refractivity contribution in [2.45, 2.75) is 32.1 Å². The Kier molecular flexibility index (Phi) is 6.07. The molecule has 3 rings (SSSR count). The zero-order valence-electron chi connectivity index (χ0n) is 14.8. The van der Waals surface area contributed by atoms with Gasteiger partial charge in [-0.3, -0.25) is 4.79 Å². The molecule has 0 aliphatic heterocycles. The van der Waals surface area contributed by atoms with E-state index < -0.39 is 0 Å². The van der Waals surface area contributed by atoms with Crippen molar-refractivity contribution >= 4 is 17.5 Å². The fraction of sp³-hybridized carbons (Fsp3) is 0.250. The first kappa shape index (κ1) is 18.2. The van der Waals surface area contributed by atoms with E-state index in [-0.39, 0.29) is 18.1 Å². The molecule has 0 saturated heterocycles. The van der Waals surface area contributed by atoms with Crippen LogP contribution < -0.4 is 4.74 Å². The number of aromatic nitrogens is 2. The molecule has 0 atom stereocenters. The Labute approximate surface area is 156 Å². The summed E-state index contributed by atoms with van der Waals surface area (Å²) in [6.45, 7) is 4.30. The van der Waals surface area contributed by atoms with Crippen LogP contribution in [0.15, 0.2) is 58.2 Å². The second-order valence-electron chi connectivity index (χ2n) is 5.83. The van der Waals surface area contributed by atoms with E-state index in [4.69, 9.17) is 9.15 Å². The van der Waals surface area contributed by atoms with Gasteiger partial charge in [0.25, 0.3) is 11.1 Å². The summed E-state index contributed by atoms with van der Waals surface area (Å²) in [5.41, 5.74) is 3.06. The molecule has 0 spiro atoms. The second-order valence-corrected chi connectivity index (χ2v) is 6.75. The van der Waals surface area contributed by atoms with Crippen LogP contribution in [0.5, 0.6) is 5.75 Å². The number of nitrogens with zero attached hydrogens (tertiary/aromatic N) is 2. The Morgan fingerprint density at radius 3 is 2.50 bits per heavy atom. The quantitative estimate of drug-likeness (QED) is 0.431. The number of benzene rings is 2. The molecule has 0 radical (unpaired) electrons. The van der Waals surface area contributed by atoms with Crippen LogP contribution in [0, 0.1) is 6.92 Å². The second kappa shape index (κ2) is 8.67. The van der Waals surface area contributed by atoms with E-state index >= 15 is 0 Å². The number of hydrogen-bond donors (Lipinski definition) is 0. The number of hydrogen-bond acceptors (Lipinski definition) is 6. The molecule has 1 aromatic heterocycles. The number of Topliss-reactive ketones (excluding diaryl/α,β-unsaturated/α-hetero) is 1. The lowest BCUT2D eigenvalue weighted by molar-refractivity contribution is 0.102. The maximum absolute atomic E-state index is 12.2. The Hall–Kier alpha value is -2.60. The Balaban J connectivity index is 1.49. The molecule has 0 amide bonds. The van der Waals surface area contributed by atoms with E-state index in [1.54, 1.807) is 0 Å². The highest BCUT2D eigenvalue weighted by atomic mass is 32.2. The van der Waals surface area contributed by atoms with Crippen LogP contribution in [0.2, 0.25) is 0 Å². The highest BCUT2D eigenvalue weighted by molar-refractivity contribution is 7.99. The Bertz CT molecular complexity index is 858. The summed E-state index contributed by atoms with van der Waals surface area (Å²) in [6.07, 6.45) is 0.992. The van der Waals surface area contributed by atoms with Crippen molar-refractivity contribution in [3.63, 3.8) is 0 Å². The van der Waals surface area contributed by atoms with Crippen LogP contribution in [0.1, 0.15) is 34.3 Å². The molecule has 0 aliphatic carbocycles. The zero-order chi connectivity index (χ0) is 18.4. The predicted octanol–water partition coefficient (Wildman–Crippen LogP) is 4.49. The molecular formula is C20H20N2O3S. The van der Waals surface area contributed by atoms with Crippen molar-refractivity contribution in [2.75, 3.05) is 5.75 Å². The maximum atomic E-state index is 12.2. The minimum atomic E-state index is 0.0296. The topological polar surface area (TPSA) is 65.2 Å². The molecule has 0 saturated carbocycles. The smallest absolute Gasteiger partial charge is 0.277 e. The van der Waals surface area contributed by atoms with E-state index in [0.29, 0.717) is 16.7 Å². The van der Waals surface area contributed by atoms with Gasteiger partial charge >= 0.3 is 0 Å². The number of carbonyl (C=O) groups is 1. The van der Waals surface area contributed by atoms with Gasteiger partial charge in [-0.1, -0.05) is 60.6 Å². The zero-order valence-corrected chi connectivity index (χ0v) is 15.6. The van der Waals surface area contributed by atoms with E-state index in [2.05, 4.69) is 17.1 Å². The maximum Gasteiger partial charge on any atom is 0.277 e. The molecule has 0 N–H and O–H groups in total. The fourth-order valence-electron chi connectivity index (χ4n) is 2.27. The van der Waals surface area contributed by atoms with Crippen molar-refractivity contribution < 1.29 is 13.9 Å². The van der Waals surface area contributed by atoms with E-state index in [0.717, 1.165) is 17.7 Å². The van der Waals surface area contributed by atoms with Crippen molar-refractivity contribution in [3.8, 4) is 5.75 Å². The molecule has 3 aromatic rings. The number of carbonyl (C=O) groups excluding carboxylic acids is 1. The molecule has 6 heteroatoms. The largest absolute Gasteiger partial charge is 0.484 e. The number of rotatable bonds is 8. The van der Waals surface area contributed by atoms with Gasteiger partial charge in [0.1, 0.15) is 5.75 Å². The van der Waals surface area contributed by atoms with Gasteiger partial charge in [-0.2, -0.15) is 0 Å². The average Bonchev–Trinajstić information content (AvgIpc) is 3.13. The lowest BCUT2D eigenvalue weighted by Crippen LogP contribution is -2.02. The van der Waals surface area contributed by atoms with Crippen LogP contribution >= 0.6 is 11.8 Å². The normalized spacial score (nSPS) is 10.7. The minimum absolute atomic E-state index is 0.0296. The van der Waals surface area contributed by atoms with E-state index in [1.807, 2.05) is 55.5 Å². The van der Waals surface area contributed by atoms with Crippen molar-refractivity contribution in [1.82, 2.24) is 10.2 Å². The lowest BCUT2D eigenvalue weighted by Gasteiger charge is -2.03. The molecule has 5 nitrogen and oxygen atoms in total. The SMILES string of the molecule is CCc1ccc(OCc2nnc(SCC(=O)c3ccc(C)cc3)o2)cc1. The molecule has 0 unspecified atom stereocenters. The highest BCUT2D eigenvalue weighted by Crippen LogP contribution is 2.19. The fourth-order valence-corrected chi connectivity index (χ4v) is 2.95. The molecule has 2 aromatic carbocycles. The van der Waals surface area contributed by atoms with E-state index in [9.17, 15) is 4.79 Å². The summed E-state index contributed by atoms with van der Waals surface area (Å²) >= 11 is 1.23. The van der Waals surface area contributed by atoms with Crippen molar-refractivity contribution in [1.29, 1.82) is 0 Å². The van der Waals surface area contributed by atoms with Gasteiger partial charge in [-0.15, -0.1) is 10.2 Å². The monoisotopic (exact) mass is 368 g/mol. The van der Waals surface area contributed by atoms with Gasteiger partial charge in [0, 0.05) is 5.56 Å². The molecule has 0 aliphatic rings. The first-order valence-corrected chi connectivity index (χ1v) is 9.39. The van der Waals surface area contributed by atoms with E-state index in [1.165, 1.54) is 17.3 Å². The molecule has 0 fully saturated rings. The summed E-state index contributed by atoms with van der Waals surface area (Å²) in [6, 6.07) is 15.4.